The van der Waals surface area contributed by atoms with E-state index in [0.29, 0.717) is 50.3 Å². The van der Waals surface area contributed by atoms with Crippen LogP contribution in [0.15, 0.2) is 4.99 Å². The van der Waals surface area contributed by atoms with Gasteiger partial charge in [0.05, 0.1) is 54.5 Å². The maximum absolute atomic E-state index is 14.4. The molecule has 15 atom stereocenters. The number of aliphatic hydroxyl groups is 6. The number of carbonyl (C=O) groups is 1. The van der Waals surface area contributed by atoms with E-state index in [0.717, 1.165) is 32.1 Å². The van der Waals surface area contributed by atoms with E-state index < -0.39 is 69.8 Å². The number of nitrogens with zero attached hydrogens (tertiary/aromatic N) is 1. The Bertz CT molecular complexity index is 1220. The Morgan fingerprint density at radius 2 is 1.77 bits per heavy atom. The van der Waals surface area contributed by atoms with Crippen molar-refractivity contribution in [2.75, 3.05) is 13.2 Å². The third-order valence-corrected chi connectivity index (χ3v) is 15.4. The van der Waals surface area contributed by atoms with E-state index in [-0.39, 0.29) is 37.0 Å². The van der Waals surface area contributed by atoms with E-state index in [1.54, 1.807) is 13.8 Å². The van der Waals surface area contributed by atoms with Crippen LogP contribution >= 0.6 is 0 Å². The largest absolute Gasteiger partial charge is 0.391 e. The highest BCUT2D eigenvalue weighted by Crippen LogP contribution is 2.70. The molecule has 15 unspecified atom stereocenters. The summed E-state index contributed by atoms with van der Waals surface area (Å²) in [5, 5.41) is 70.6. The number of hydrogen-bond acceptors (Lipinski definition) is 9. The van der Waals surface area contributed by atoms with Gasteiger partial charge in [-0.2, -0.15) is 0 Å². The lowest BCUT2D eigenvalue weighted by atomic mass is 9.41. The summed E-state index contributed by atoms with van der Waals surface area (Å²) in [5.74, 6) is -1.44. The van der Waals surface area contributed by atoms with Crippen molar-refractivity contribution >= 4 is 11.5 Å². The third-order valence-electron chi connectivity index (χ3n) is 15.4. The van der Waals surface area contributed by atoms with Gasteiger partial charge in [-0.05, 0) is 101 Å². The first kappa shape index (κ1) is 36.8. The zero-order chi connectivity index (χ0) is 34.9. The first-order valence-corrected chi connectivity index (χ1v) is 19.5. The van der Waals surface area contributed by atoms with Crippen molar-refractivity contribution in [1.29, 1.82) is 0 Å². The lowest BCUT2D eigenvalue weighted by Crippen LogP contribution is -2.71. The van der Waals surface area contributed by atoms with E-state index >= 15 is 0 Å². The Hall–Kier alpha value is -0.940. The number of rotatable bonds is 9. The molecule has 6 aliphatic rings. The zero-order valence-corrected chi connectivity index (χ0v) is 30.2. The molecular formula is C39H65NO8. The Morgan fingerprint density at radius 1 is 1.02 bits per heavy atom. The van der Waals surface area contributed by atoms with Crippen LogP contribution in [0.25, 0.3) is 0 Å². The molecule has 5 aliphatic carbocycles. The van der Waals surface area contributed by atoms with E-state index in [4.69, 9.17) is 9.73 Å². The molecule has 6 N–H and O–H groups in total. The number of ketones is 1. The monoisotopic (exact) mass is 675 g/mol. The molecule has 6 rings (SSSR count). The summed E-state index contributed by atoms with van der Waals surface area (Å²) in [6, 6.07) is 0. The van der Waals surface area contributed by atoms with Crippen molar-refractivity contribution in [2.45, 2.75) is 172 Å². The molecule has 6 fully saturated rings. The van der Waals surface area contributed by atoms with Crippen LogP contribution in [0.4, 0.5) is 0 Å². The van der Waals surface area contributed by atoms with Crippen LogP contribution in [0.1, 0.15) is 131 Å². The maximum atomic E-state index is 14.4. The van der Waals surface area contributed by atoms with Gasteiger partial charge in [0.1, 0.15) is 5.60 Å². The predicted octanol–water partition coefficient (Wildman–Crippen LogP) is 4.36. The number of hydrogen-bond donors (Lipinski definition) is 6. The van der Waals surface area contributed by atoms with Crippen molar-refractivity contribution in [3.8, 4) is 0 Å². The summed E-state index contributed by atoms with van der Waals surface area (Å²) in [7, 11) is 0. The second kappa shape index (κ2) is 13.2. The quantitative estimate of drug-likeness (QED) is 0.197. The van der Waals surface area contributed by atoms with Crippen LogP contribution in [0.2, 0.25) is 0 Å². The fraction of sp³-hybridized carbons (Fsp3) is 0.949. The Kier molecular flexibility index (Phi) is 10.2. The standard InChI is InChI=1S/C39H65NO8/c1-6-7-8-9-12-24-22-48-34-25(24)13-10-11-16-39(34,47)37(5,45)30-15-18-38(46)31-26(14-17-36(30,38)4)35(3)20-29(43)28(42)19-27(35)33(44)32(31)40-21-23(2)41/h23-31,34,41-43,45-47H,6-22H2,1-5H3. The summed E-state index contributed by atoms with van der Waals surface area (Å²) in [5.41, 5.74) is -5.62. The number of aliphatic imine (C=N–C) groups is 1. The topological polar surface area (TPSA) is 160 Å². The van der Waals surface area contributed by atoms with Gasteiger partial charge in [-0.25, -0.2) is 0 Å². The van der Waals surface area contributed by atoms with Crippen LogP contribution in [-0.4, -0.2) is 96.5 Å². The molecule has 1 aliphatic heterocycles. The minimum atomic E-state index is -1.56. The van der Waals surface area contributed by atoms with Crippen LogP contribution in [0.5, 0.6) is 0 Å². The van der Waals surface area contributed by atoms with Crippen molar-refractivity contribution in [3.05, 3.63) is 0 Å². The number of unbranched alkanes of at least 4 members (excludes halogenated alkanes) is 3. The summed E-state index contributed by atoms with van der Waals surface area (Å²) in [6.45, 7) is 10.4. The molecule has 0 aromatic heterocycles. The smallest absolute Gasteiger partial charge is 0.180 e. The number of fused-ring (bicyclic) bond motifs is 6. The Morgan fingerprint density at radius 3 is 2.48 bits per heavy atom. The van der Waals surface area contributed by atoms with E-state index in [9.17, 15) is 35.4 Å². The molecule has 1 heterocycles. The van der Waals surface area contributed by atoms with Gasteiger partial charge in [-0.15, -0.1) is 0 Å². The SMILES string of the molecule is CCCCCCC1COC2C1CCCCC2(O)C(C)(O)C1CCC2(O)C3C(=NCC(C)O)C(=O)C4CC(O)C(O)CC4(C)C3CCC12C. The van der Waals surface area contributed by atoms with Crippen molar-refractivity contribution in [1.82, 2.24) is 0 Å². The maximum Gasteiger partial charge on any atom is 0.180 e. The molecule has 0 aromatic carbocycles. The van der Waals surface area contributed by atoms with Crippen LogP contribution < -0.4 is 0 Å². The minimum Gasteiger partial charge on any atom is -0.391 e. The lowest BCUT2D eigenvalue weighted by molar-refractivity contribution is -0.257. The second-order valence-corrected chi connectivity index (χ2v) is 18.0. The normalized spacial score (nSPS) is 50.2. The average molecular weight is 676 g/mol. The summed E-state index contributed by atoms with van der Waals surface area (Å²) < 4.78 is 6.52. The molecule has 0 radical (unpaired) electrons. The molecule has 1 saturated heterocycles. The number of ether oxygens (including phenoxy) is 1. The van der Waals surface area contributed by atoms with Gasteiger partial charge in [0, 0.05) is 17.3 Å². The second-order valence-electron chi connectivity index (χ2n) is 18.0. The van der Waals surface area contributed by atoms with Gasteiger partial charge >= 0.3 is 0 Å². The van der Waals surface area contributed by atoms with Gasteiger partial charge in [-0.3, -0.25) is 9.79 Å². The number of Topliss-reactive ketones (excluding diaryl/α,β-unsaturated/α-hetero) is 1. The zero-order valence-electron chi connectivity index (χ0n) is 30.2. The van der Waals surface area contributed by atoms with Crippen LogP contribution in [0.3, 0.4) is 0 Å². The number of aliphatic hydroxyl groups excluding tert-OH is 3. The van der Waals surface area contributed by atoms with Crippen molar-refractivity contribution in [3.63, 3.8) is 0 Å². The molecule has 9 heteroatoms. The molecule has 0 bridgehead atoms. The third kappa shape index (κ3) is 5.50. The predicted molar refractivity (Wildman–Crippen MR) is 183 cm³/mol. The molecule has 274 valence electrons. The fourth-order valence-electron chi connectivity index (χ4n) is 12.6. The highest BCUT2D eigenvalue weighted by atomic mass is 16.5. The van der Waals surface area contributed by atoms with Crippen LogP contribution in [-0.2, 0) is 9.53 Å². The number of carbonyl (C=O) groups excluding carboxylic acids is 1. The molecule has 0 spiro atoms. The van der Waals surface area contributed by atoms with Crippen LogP contribution in [0, 0.1) is 46.3 Å². The van der Waals surface area contributed by atoms with E-state index in [2.05, 4.69) is 6.92 Å². The van der Waals surface area contributed by atoms with Gasteiger partial charge in [0.15, 0.2) is 5.78 Å². The molecule has 5 saturated carbocycles. The Labute approximate surface area is 288 Å². The lowest BCUT2D eigenvalue weighted by Gasteiger charge is -2.64. The summed E-state index contributed by atoms with van der Waals surface area (Å²) in [6.07, 6.45) is 8.43. The van der Waals surface area contributed by atoms with Gasteiger partial charge in [-0.1, -0.05) is 59.3 Å². The van der Waals surface area contributed by atoms with Crippen molar-refractivity contribution in [2.24, 2.45) is 51.3 Å². The van der Waals surface area contributed by atoms with Gasteiger partial charge in [0.2, 0.25) is 0 Å². The summed E-state index contributed by atoms with van der Waals surface area (Å²) in [4.78, 5) is 19.1. The molecule has 9 nitrogen and oxygen atoms in total. The fourth-order valence-corrected chi connectivity index (χ4v) is 12.6. The highest BCUT2D eigenvalue weighted by Gasteiger charge is 2.75. The molecule has 0 amide bonds. The molecule has 0 aromatic rings. The van der Waals surface area contributed by atoms with E-state index in [1.807, 2.05) is 13.8 Å². The molecule has 48 heavy (non-hydrogen) atoms. The van der Waals surface area contributed by atoms with Gasteiger partial charge in [0.25, 0.3) is 0 Å². The highest BCUT2D eigenvalue weighted by molar-refractivity contribution is 6.42. The minimum absolute atomic E-state index is 0.0343. The average Bonchev–Trinajstić information content (AvgIpc) is 3.50. The Balaban J connectivity index is 1.34. The van der Waals surface area contributed by atoms with Crippen molar-refractivity contribution < 1.29 is 40.2 Å². The molecular weight excluding hydrogens is 610 g/mol. The van der Waals surface area contributed by atoms with E-state index in [1.165, 1.54) is 19.3 Å². The first-order chi connectivity index (χ1) is 22.6. The van der Waals surface area contributed by atoms with Gasteiger partial charge < -0.3 is 35.4 Å². The first-order valence-electron chi connectivity index (χ1n) is 19.5. The summed E-state index contributed by atoms with van der Waals surface area (Å²) >= 11 is 0.